The molecular formula is C13H27NO2. The van der Waals surface area contributed by atoms with Crippen molar-refractivity contribution in [1.82, 2.24) is 5.32 Å². The first kappa shape index (κ1) is 13.9. The van der Waals surface area contributed by atoms with Gasteiger partial charge in [-0.25, -0.2) is 0 Å². The lowest BCUT2D eigenvalue weighted by molar-refractivity contribution is -0.112. The zero-order chi connectivity index (χ0) is 12.2. The van der Waals surface area contributed by atoms with Gasteiger partial charge in [-0.3, -0.25) is 0 Å². The molecule has 1 aliphatic rings. The fourth-order valence-electron chi connectivity index (χ4n) is 2.35. The van der Waals surface area contributed by atoms with E-state index < -0.39 is 0 Å². The van der Waals surface area contributed by atoms with Crippen LogP contribution in [0.15, 0.2) is 0 Å². The summed E-state index contributed by atoms with van der Waals surface area (Å²) in [4.78, 5) is 0. The molecule has 16 heavy (non-hydrogen) atoms. The van der Waals surface area contributed by atoms with Crippen LogP contribution in [0, 0.1) is 5.41 Å². The van der Waals surface area contributed by atoms with Crippen molar-refractivity contribution >= 4 is 0 Å². The van der Waals surface area contributed by atoms with Gasteiger partial charge in [0.15, 0.2) is 0 Å². The standard InChI is InChI=1S/C13H27NO2/c1-10-6-12(7-11(2)16-10)15-9-13(3,4)8-14-5/h10-12,14H,6-9H2,1-5H3. The van der Waals surface area contributed by atoms with Crippen LogP contribution in [-0.4, -0.2) is 38.5 Å². The van der Waals surface area contributed by atoms with Crippen LogP contribution in [0.25, 0.3) is 0 Å². The Morgan fingerprint density at radius 2 is 1.81 bits per heavy atom. The summed E-state index contributed by atoms with van der Waals surface area (Å²) in [6.07, 6.45) is 3.09. The summed E-state index contributed by atoms with van der Waals surface area (Å²) < 4.78 is 11.7. The molecule has 2 atom stereocenters. The fraction of sp³-hybridized carbons (Fsp3) is 1.00. The maximum atomic E-state index is 6.02. The predicted octanol–water partition coefficient (Wildman–Crippen LogP) is 2.20. The summed E-state index contributed by atoms with van der Waals surface area (Å²) in [5, 5.41) is 3.21. The van der Waals surface area contributed by atoms with E-state index in [0.29, 0.717) is 18.3 Å². The molecule has 3 nitrogen and oxygen atoms in total. The summed E-state index contributed by atoms with van der Waals surface area (Å²) in [5.41, 5.74) is 0.208. The Bertz CT molecular complexity index is 196. The maximum Gasteiger partial charge on any atom is 0.0624 e. The van der Waals surface area contributed by atoms with Gasteiger partial charge in [-0.05, 0) is 33.7 Å². The van der Waals surface area contributed by atoms with E-state index in [1.807, 2.05) is 7.05 Å². The van der Waals surface area contributed by atoms with Crippen molar-refractivity contribution in [3.8, 4) is 0 Å². The Kier molecular flexibility index (Phi) is 5.22. The van der Waals surface area contributed by atoms with Gasteiger partial charge in [-0.15, -0.1) is 0 Å². The van der Waals surface area contributed by atoms with Crippen molar-refractivity contribution in [3.63, 3.8) is 0 Å². The maximum absolute atomic E-state index is 6.02. The molecule has 96 valence electrons. The highest BCUT2D eigenvalue weighted by Gasteiger charge is 2.27. The molecule has 0 spiro atoms. The van der Waals surface area contributed by atoms with Crippen LogP contribution in [0.1, 0.15) is 40.5 Å². The summed E-state index contributed by atoms with van der Waals surface area (Å²) in [5.74, 6) is 0. The summed E-state index contributed by atoms with van der Waals surface area (Å²) in [6.45, 7) is 10.5. The van der Waals surface area contributed by atoms with Gasteiger partial charge < -0.3 is 14.8 Å². The van der Waals surface area contributed by atoms with Crippen molar-refractivity contribution < 1.29 is 9.47 Å². The summed E-state index contributed by atoms with van der Waals surface area (Å²) in [7, 11) is 1.99. The first-order chi connectivity index (χ1) is 7.43. The van der Waals surface area contributed by atoms with Gasteiger partial charge in [-0.2, -0.15) is 0 Å². The van der Waals surface area contributed by atoms with Gasteiger partial charge in [0, 0.05) is 12.0 Å². The van der Waals surface area contributed by atoms with Gasteiger partial charge in [0.2, 0.25) is 0 Å². The second-order valence-corrected chi connectivity index (χ2v) is 5.86. The number of rotatable bonds is 5. The average Bonchev–Trinajstić information content (AvgIpc) is 2.13. The van der Waals surface area contributed by atoms with E-state index in [2.05, 4.69) is 33.0 Å². The first-order valence-corrected chi connectivity index (χ1v) is 6.34. The molecule has 0 aliphatic carbocycles. The molecule has 3 heteroatoms. The topological polar surface area (TPSA) is 30.5 Å². The largest absolute Gasteiger partial charge is 0.377 e. The van der Waals surface area contributed by atoms with Crippen molar-refractivity contribution in [1.29, 1.82) is 0 Å². The molecule has 0 aromatic rings. The van der Waals surface area contributed by atoms with Crippen molar-refractivity contribution in [2.75, 3.05) is 20.2 Å². The number of nitrogens with one attached hydrogen (secondary N) is 1. The highest BCUT2D eigenvalue weighted by Crippen LogP contribution is 2.24. The van der Waals surface area contributed by atoms with Gasteiger partial charge in [0.1, 0.15) is 0 Å². The van der Waals surface area contributed by atoms with E-state index >= 15 is 0 Å². The SMILES string of the molecule is CNCC(C)(C)COC1CC(C)OC(C)C1. The zero-order valence-electron chi connectivity index (χ0n) is 11.4. The van der Waals surface area contributed by atoms with Crippen LogP contribution in [0.3, 0.4) is 0 Å². The Morgan fingerprint density at radius 1 is 1.25 bits per heavy atom. The third-order valence-electron chi connectivity index (χ3n) is 3.02. The van der Waals surface area contributed by atoms with Crippen molar-refractivity contribution in [3.05, 3.63) is 0 Å². The highest BCUT2D eigenvalue weighted by atomic mass is 16.5. The first-order valence-electron chi connectivity index (χ1n) is 6.34. The third kappa shape index (κ3) is 4.81. The molecule has 1 aliphatic heterocycles. The Hall–Kier alpha value is -0.120. The molecule has 0 aromatic carbocycles. The molecule has 0 aromatic heterocycles. The van der Waals surface area contributed by atoms with Crippen LogP contribution in [0.2, 0.25) is 0 Å². The van der Waals surface area contributed by atoms with Crippen LogP contribution >= 0.6 is 0 Å². The Labute approximate surface area is 99.9 Å². The van der Waals surface area contributed by atoms with Crippen LogP contribution < -0.4 is 5.32 Å². The summed E-state index contributed by atoms with van der Waals surface area (Å²) in [6, 6.07) is 0. The molecule has 1 N–H and O–H groups in total. The molecule has 2 unspecified atom stereocenters. The van der Waals surface area contributed by atoms with E-state index in [4.69, 9.17) is 9.47 Å². The van der Waals surface area contributed by atoms with Gasteiger partial charge in [-0.1, -0.05) is 13.8 Å². The zero-order valence-corrected chi connectivity index (χ0v) is 11.4. The van der Waals surface area contributed by atoms with E-state index in [1.54, 1.807) is 0 Å². The number of ether oxygens (including phenoxy) is 2. The quantitative estimate of drug-likeness (QED) is 0.784. The van der Waals surface area contributed by atoms with Crippen molar-refractivity contribution in [2.45, 2.75) is 58.8 Å². The minimum absolute atomic E-state index is 0.208. The predicted molar refractivity (Wildman–Crippen MR) is 66.7 cm³/mol. The van der Waals surface area contributed by atoms with Crippen LogP contribution in [0.4, 0.5) is 0 Å². The van der Waals surface area contributed by atoms with Gasteiger partial charge >= 0.3 is 0 Å². The summed E-state index contributed by atoms with van der Waals surface area (Å²) >= 11 is 0. The van der Waals surface area contributed by atoms with E-state index in [9.17, 15) is 0 Å². The molecule has 1 saturated heterocycles. The molecule has 1 rings (SSSR count). The van der Waals surface area contributed by atoms with Crippen LogP contribution in [-0.2, 0) is 9.47 Å². The molecule has 0 amide bonds. The smallest absolute Gasteiger partial charge is 0.0624 e. The molecule has 1 fully saturated rings. The monoisotopic (exact) mass is 229 g/mol. The second kappa shape index (κ2) is 5.99. The molecular weight excluding hydrogens is 202 g/mol. The van der Waals surface area contributed by atoms with Crippen LogP contribution in [0.5, 0.6) is 0 Å². The molecule has 0 saturated carbocycles. The molecule has 1 heterocycles. The minimum atomic E-state index is 0.208. The third-order valence-corrected chi connectivity index (χ3v) is 3.02. The minimum Gasteiger partial charge on any atom is -0.377 e. The van der Waals surface area contributed by atoms with Gasteiger partial charge in [0.05, 0.1) is 24.9 Å². The Balaban J connectivity index is 2.31. The van der Waals surface area contributed by atoms with E-state index in [1.165, 1.54) is 0 Å². The van der Waals surface area contributed by atoms with E-state index in [0.717, 1.165) is 26.0 Å². The normalized spacial score (nSPS) is 31.7. The lowest BCUT2D eigenvalue weighted by Gasteiger charge is -2.34. The van der Waals surface area contributed by atoms with Crippen molar-refractivity contribution in [2.24, 2.45) is 5.41 Å². The molecule has 0 bridgehead atoms. The number of hydrogen-bond acceptors (Lipinski definition) is 3. The van der Waals surface area contributed by atoms with Gasteiger partial charge in [0.25, 0.3) is 0 Å². The lowest BCUT2D eigenvalue weighted by atomic mass is 9.94. The second-order valence-electron chi connectivity index (χ2n) is 5.86. The van der Waals surface area contributed by atoms with E-state index in [-0.39, 0.29) is 5.41 Å². The highest BCUT2D eigenvalue weighted by molar-refractivity contribution is 4.76. The Morgan fingerprint density at radius 3 is 2.31 bits per heavy atom. The fourth-order valence-corrected chi connectivity index (χ4v) is 2.35. The molecule has 0 radical (unpaired) electrons. The lowest BCUT2D eigenvalue weighted by Crippen LogP contribution is -2.38. The number of hydrogen-bond donors (Lipinski definition) is 1. The average molecular weight is 229 g/mol.